The Kier molecular flexibility index (Phi) is 5.39. The number of aryl methyl sites for hydroxylation is 2. The van der Waals surface area contributed by atoms with Gasteiger partial charge in [-0.1, -0.05) is 29.8 Å². The minimum absolute atomic E-state index is 0.120. The lowest BCUT2D eigenvalue weighted by Gasteiger charge is -2.11. The number of anilines is 1. The average molecular weight is 389 g/mol. The van der Waals surface area contributed by atoms with Crippen molar-refractivity contribution in [2.24, 2.45) is 0 Å². The monoisotopic (exact) mass is 388 g/mol. The molecule has 2 N–H and O–H groups in total. The summed E-state index contributed by atoms with van der Waals surface area (Å²) in [7, 11) is 0. The van der Waals surface area contributed by atoms with Gasteiger partial charge in [-0.05, 0) is 31.1 Å². The van der Waals surface area contributed by atoms with Crippen molar-refractivity contribution in [3.05, 3.63) is 57.8 Å². The first kappa shape index (κ1) is 18.2. The smallest absolute Gasteiger partial charge is 0.244 e. The van der Waals surface area contributed by atoms with Crippen molar-refractivity contribution in [3.8, 4) is 0 Å². The quantitative estimate of drug-likeness (QED) is 0.657. The molecule has 134 valence electrons. The van der Waals surface area contributed by atoms with E-state index in [1.54, 1.807) is 10.5 Å². The lowest BCUT2D eigenvalue weighted by Crippen LogP contribution is -2.32. The van der Waals surface area contributed by atoms with E-state index in [1.165, 1.54) is 17.4 Å². The zero-order valence-corrected chi connectivity index (χ0v) is 15.8. The summed E-state index contributed by atoms with van der Waals surface area (Å²) < 4.78 is 1.80. The Hall–Kier alpha value is -2.64. The van der Waals surface area contributed by atoms with Crippen LogP contribution in [-0.2, 0) is 9.59 Å². The van der Waals surface area contributed by atoms with Gasteiger partial charge in [0.1, 0.15) is 0 Å². The van der Waals surface area contributed by atoms with Crippen LogP contribution in [0.25, 0.3) is 11.0 Å². The molecule has 0 unspecified atom stereocenters. The zero-order chi connectivity index (χ0) is 18.7. The summed E-state index contributed by atoms with van der Waals surface area (Å²) >= 11 is 7.52. The van der Waals surface area contributed by atoms with Gasteiger partial charge >= 0.3 is 0 Å². The van der Waals surface area contributed by atoms with Crippen LogP contribution in [0.15, 0.2) is 35.9 Å². The van der Waals surface area contributed by atoms with Crippen LogP contribution >= 0.6 is 22.9 Å². The van der Waals surface area contributed by atoms with Gasteiger partial charge in [0.2, 0.25) is 11.8 Å². The van der Waals surface area contributed by atoms with Crippen molar-refractivity contribution in [2.75, 3.05) is 11.9 Å². The van der Waals surface area contributed by atoms with Crippen LogP contribution in [0.4, 0.5) is 5.69 Å². The zero-order valence-electron chi connectivity index (χ0n) is 14.2. The summed E-state index contributed by atoms with van der Waals surface area (Å²) in [6.07, 6.45) is 4.74. The number of benzene rings is 1. The second-order valence-corrected chi connectivity index (χ2v) is 6.94. The van der Waals surface area contributed by atoms with Gasteiger partial charge in [0.15, 0.2) is 10.1 Å². The number of imidazole rings is 1. The molecule has 2 heterocycles. The number of amides is 2. The Balaban J connectivity index is 1.58. The molecule has 26 heavy (non-hydrogen) atoms. The fraction of sp³-hybridized carbons (Fsp3) is 0.167. The fourth-order valence-electron chi connectivity index (χ4n) is 2.50. The van der Waals surface area contributed by atoms with Gasteiger partial charge in [-0.25, -0.2) is 4.98 Å². The van der Waals surface area contributed by atoms with Gasteiger partial charge in [-0.15, -0.1) is 11.3 Å². The summed E-state index contributed by atoms with van der Waals surface area (Å²) in [5.74, 6) is -0.672. The molecule has 3 aromatic rings. The Morgan fingerprint density at radius 3 is 2.77 bits per heavy atom. The van der Waals surface area contributed by atoms with E-state index in [4.69, 9.17) is 11.6 Å². The third-order valence-electron chi connectivity index (χ3n) is 3.82. The van der Waals surface area contributed by atoms with Crippen molar-refractivity contribution >= 4 is 51.5 Å². The van der Waals surface area contributed by atoms with E-state index in [1.807, 2.05) is 43.6 Å². The molecule has 0 fully saturated rings. The van der Waals surface area contributed by atoms with Gasteiger partial charge in [0.25, 0.3) is 0 Å². The number of thiazole rings is 1. The molecule has 2 aromatic heterocycles. The minimum atomic E-state index is -0.386. The number of halogens is 1. The molecule has 0 aliphatic rings. The Morgan fingerprint density at radius 1 is 1.31 bits per heavy atom. The van der Waals surface area contributed by atoms with Crippen molar-refractivity contribution in [2.45, 2.75) is 13.8 Å². The van der Waals surface area contributed by atoms with Crippen molar-refractivity contribution in [3.63, 3.8) is 0 Å². The first-order valence-electron chi connectivity index (χ1n) is 7.88. The summed E-state index contributed by atoms with van der Waals surface area (Å²) in [6.45, 7) is 3.72. The Morgan fingerprint density at radius 2 is 2.04 bits per heavy atom. The van der Waals surface area contributed by atoms with E-state index in [0.29, 0.717) is 10.8 Å². The molecule has 6 nitrogen and oxygen atoms in total. The van der Waals surface area contributed by atoms with Crippen LogP contribution in [0.1, 0.15) is 16.8 Å². The van der Waals surface area contributed by atoms with E-state index in [2.05, 4.69) is 15.6 Å². The highest BCUT2D eigenvalue weighted by atomic mass is 35.5. The van der Waals surface area contributed by atoms with Gasteiger partial charge < -0.3 is 10.6 Å². The topological polar surface area (TPSA) is 75.5 Å². The molecule has 0 aliphatic heterocycles. The lowest BCUT2D eigenvalue weighted by molar-refractivity contribution is -0.121. The molecule has 0 saturated carbocycles. The van der Waals surface area contributed by atoms with E-state index in [-0.39, 0.29) is 18.4 Å². The standard InChI is InChI=1S/C18H17ClN4O2S/c1-11-4-3-5-12(2)16(11)21-15(25)10-20-14(24)7-6-13-17(19)22-18-23(13)8-9-26-18/h3-9H,10H2,1-2H3,(H,20,24)(H,21,25)/b7-6+. The largest absolute Gasteiger partial charge is 0.343 e. The molecule has 0 radical (unpaired) electrons. The predicted molar refractivity (Wildman–Crippen MR) is 105 cm³/mol. The summed E-state index contributed by atoms with van der Waals surface area (Å²) in [5, 5.41) is 7.59. The molecule has 0 bridgehead atoms. The number of hydrogen-bond acceptors (Lipinski definition) is 4. The highest BCUT2D eigenvalue weighted by Crippen LogP contribution is 2.22. The van der Waals surface area contributed by atoms with E-state index in [9.17, 15) is 9.59 Å². The van der Waals surface area contributed by atoms with Gasteiger partial charge in [-0.2, -0.15) is 0 Å². The number of nitrogens with zero attached hydrogens (tertiary/aromatic N) is 2. The second kappa shape index (κ2) is 7.72. The third kappa shape index (κ3) is 3.95. The maximum Gasteiger partial charge on any atom is 0.244 e. The molecule has 0 aliphatic carbocycles. The maximum absolute atomic E-state index is 12.1. The van der Waals surface area contributed by atoms with Crippen molar-refractivity contribution < 1.29 is 9.59 Å². The number of hydrogen-bond donors (Lipinski definition) is 2. The number of fused-ring (bicyclic) bond motifs is 1. The summed E-state index contributed by atoms with van der Waals surface area (Å²) in [6, 6.07) is 5.77. The van der Waals surface area contributed by atoms with E-state index in [0.717, 1.165) is 21.8 Å². The fourth-order valence-corrected chi connectivity index (χ4v) is 3.51. The van der Waals surface area contributed by atoms with Crippen LogP contribution in [0.3, 0.4) is 0 Å². The van der Waals surface area contributed by atoms with Crippen LogP contribution in [0.2, 0.25) is 5.15 Å². The van der Waals surface area contributed by atoms with Crippen LogP contribution in [0, 0.1) is 13.8 Å². The first-order chi connectivity index (χ1) is 12.5. The molecule has 2 amide bonds. The lowest BCUT2D eigenvalue weighted by atomic mass is 10.1. The molecular weight excluding hydrogens is 372 g/mol. The Labute approximate surface area is 159 Å². The summed E-state index contributed by atoms with van der Waals surface area (Å²) in [5.41, 5.74) is 3.34. The number of carbonyl (C=O) groups excluding carboxylic acids is 2. The molecule has 0 saturated heterocycles. The predicted octanol–water partition coefficient (Wildman–Crippen LogP) is 3.43. The van der Waals surface area contributed by atoms with E-state index >= 15 is 0 Å². The van der Waals surface area contributed by atoms with Crippen LogP contribution in [0.5, 0.6) is 0 Å². The van der Waals surface area contributed by atoms with Crippen molar-refractivity contribution in [1.82, 2.24) is 14.7 Å². The van der Waals surface area contributed by atoms with Gasteiger partial charge in [-0.3, -0.25) is 14.0 Å². The van der Waals surface area contributed by atoms with Gasteiger partial charge in [0, 0.05) is 23.3 Å². The SMILES string of the molecule is Cc1cccc(C)c1NC(=O)CNC(=O)/C=C/c1c(Cl)nc2sccn12. The number of para-hydroxylation sites is 1. The van der Waals surface area contributed by atoms with Crippen LogP contribution in [-0.4, -0.2) is 27.7 Å². The van der Waals surface area contributed by atoms with Crippen molar-refractivity contribution in [1.29, 1.82) is 0 Å². The van der Waals surface area contributed by atoms with Gasteiger partial charge in [0.05, 0.1) is 12.2 Å². The second-order valence-electron chi connectivity index (χ2n) is 5.71. The molecule has 1 aromatic carbocycles. The number of nitrogens with one attached hydrogen (secondary N) is 2. The van der Waals surface area contributed by atoms with E-state index < -0.39 is 0 Å². The number of aromatic nitrogens is 2. The highest BCUT2D eigenvalue weighted by molar-refractivity contribution is 7.15. The molecule has 0 spiro atoms. The molecule has 0 atom stereocenters. The average Bonchev–Trinajstić information content (AvgIpc) is 3.15. The number of carbonyl (C=O) groups is 2. The first-order valence-corrected chi connectivity index (χ1v) is 9.14. The maximum atomic E-state index is 12.1. The molecular formula is C18H17ClN4O2S. The van der Waals surface area contributed by atoms with Crippen LogP contribution < -0.4 is 10.6 Å². The highest BCUT2D eigenvalue weighted by Gasteiger charge is 2.10. The number of rotatable bonds is 5. The summed E-state index contributed by atoms with van der Waals surface area (Å²) in [4.78, 5) is 29.0. The minimum Gasteiger partial charge on any atom is -0.343 e. The normalized spacial score (nSPS) is 11.2. The molecule has 3 rings (SSSR count). The third-order valence-corrected chi connectivity index (χ3v) is 4.85. The molecule has 8 heteroatoms. The Bertz CT molecular complexity index is 986.